The first-order valence-electron chi connectivity index (χ1n) is 8.39. The smallest absolute Gasteiger partial charge is 0.194 e. The predicted octanol–water partition coefficient (Wildman–Crippen LogP) is 0.0182. The molecule has 0 bridgehead atoms. The van der Waals surface area contributed by atoms with E-state index in [-0.39, 0.29) is 0 Å². The van der Waals surface area contributed by atoms with E-state index in [4.69, 9.17) is 19.2 Å². The van der Waals surface area contributed by atoms with Gasteiger partial charge < -0.3 is 19.1 Å². The van der Waals surface area contributed by atoms with Gasteiger partial charge in [0.1, 0.15) is 25.5 Å². The van der Waals surface area contributed by atoms with Crippen molar-refractivity contribution >= 4 is 16.6 Å². The number of fused-ring (bicyclic) bond motifs is 3. The molecule has 4 rings (SSSR count). The fourth-order valence-corrected chi connectivity index (χ4v) is 3.37. The number of aromatic nitrogens is 4. The van der Waals surface area contributed by atoms with E-state index in [2.05, 4.69) is 10.2 Å². The number of aryl methyl sites for hydroxylation is 1. The third-order valence-electron chi connectivity index (χ3n) is 4.69. The SMILES string of the molecule is COc1cc2nc(C)n3c(C[NH+]4CCOCC4)nnc3c2cc1OC. The Morgan fingerprint density at radius 1 is 1.12 bits per heavy atom. The fourth-order valence-electron chi connectivity index (χ4n) is 3.37. The molecule has 8 heteroatoms. The van der Waals surface area contributed by atoms with E-state index in [1.54, 1.807) is 14.2 Å². The van der Waals surface area contributed by atoms with Gasteiger partial charge in [-0.2, -0.15) is 0 Å². The Bertz CT molecular complexity index is 918. The predicted molar refractivity (Wildman–Crippen MR) is 91.3 cm³/mol. The molecular formula is C17H22N5O3+. The monoisotopic (exact) mass is 344 g/mol. The van der Waals surface area contributed by atoms with Crippen LogP contribution in [0.1, 0.15) is 11.6 Å². The topological polar surface area (TPSA) is 75.2 Å². The summed E-state index contributed by atoms with van der Waals surface area (Å²) in [5.74, 6) is 3.10. The van der Waals surface area contributed by atoms with Crippen LogP contribution < -0.4 is 14.4 Å². The van der Waals surface area contributed by atoms with Gasteiger partial charge in [-0.05, 0) is 13.0 Å². The largest absolute Gasteiger partial charge is 0.493 e. The maximum Gasteiger partial charge on any atom is 0.194 e. The fraction of sp³-hybridized carbons (Fsp3) is 0.471. The molecule has 0 amide bonds. The van der Waals surface area contributed by atoms with Crippen molar-refractivity contribution in [3.05, 3.63) is 23.8 Å². The van der Waals surface area contributed by atoms with Crippen molar-refractivity contribution in [1.29, 1.82) is 0 Å². The van der Waals surface area contributed by atoms with Crippen LogP contribution in [0.2, 0.25) is 0 Å². The zero-order valence-electron chi connectivity index (χ0n) is 14.7. The molecule has 1 fully saturated rings. The summed E-state index contributed by atoms with van der Waals surface area (Å²) >= 11 is 0. The van der Waals surface area contributed by atoms with E-state index in [1.165, 1.54) is 4.90 Å². The van der Waals surface area contributed by atoms with Crippen LogP contribution in [0.15, 0.2) is 12.1 Å². The minimum Gasteiger partial charge on any atom is -0.493 e. The Morgan fingerprint density at radius 3 is 2.56 bits per heavy atom. The van der Waals surface area contributed by atoms with Crippen LogP contribution in [0.5, 0.6) is 11.5 Å². The highest BCUT2D eigenvalue weighted by Crippen LogP contribution is 2.33. The van der Waals surface area contributed by atoms with E-state index >= 15 is 0 Å². The summed E-state index contributed by atoms with van der Waals surface area (Å²) in [6, 6.07) is 3.79. The summed E-state index contributed by atoms with van der Waals surface area (Å²) in [6.45, 7) is 6.35. The first kappa shape index (κ1) is 16.0. The molecule has 132 valence electrons. The molecule has 1 aliphatic heterocycles. The Hall–Kier alpha value is -2.45. The minimum atomic E-state index is 0.656. The quantitative estimate of drug-likeness (QED) is 0.719. The number of hydrogen-bond donors (Lipinski definition) is 1. The zero-order chi connectivity index (χ0) is 17.4. The van der Waals surface area contributed by atoms with Gasteiger partial charge >= 0.3 is 0 Å². The third-order valence-corrected chi connectivity index (χ3v) is 4.69. The number of nitrogens with one attached hydrogen (secondary N) is 1. The van der Waals surface area contributed by atoms with Crippen molar-refractivity contribution < 1.29 is 19.1 Å². The van der Waals surface area contributed by atoms with Crippen molar-refractivity contribution in [3.8, 4) is 11.5 Å². The van der Waals surface area contributed by atoms with E-state index in [0.717, 1.165) is 61.0 Å². The lowest BCUT2D eigenvalue weighted by molar-refractivity contribution is -0.922. The van der Waals surface area contributed by atoms with Crippen LogP contribution in [-0.2, 0) is 11.3 Å². The first-order chi connectivity index (χ1) is 12.2. The van der Waals surface area contributed by atoms with E-state index < -0.39 is 0 Å². The Labute approximate surface area is 145 Å². The second kappa shape index (κ2) is 6.45. The standard InChI is InChI=1S/C17H21N5O3/c1-11-18-13-9-15(24-3)14(23-2)8-12(13)17-20-19-16(22(11)17)10-21-4-6-25-7-5-21/h8-9H,4-7,10H2,1-3H3/p+1. The lowest BCUT2D eigenvalue weighted by atomic mass is 10.2. The molecule has 25 heavy (non-hydrogen) atoms. The lowest BCUT2D eigenvalue weighted by Gasteiger charge is -2.23. The summed E-state index contributed by atoms with van der Waals surface area (Å²) < 4.78 is 18.3. The van der Waals surface area contributed by atoms with E-state index in [9.17, 15) is 0 Å². The van der Waals surface area contributed by atoms with Gasteiger partial charge in [-0.1, -0.05) is 0 Å². The van der Waals surface area contributed by atoms with Crippen LogP contribution >= 0.6 is 0 Å². The summed E-state index contributed by atoms with van der Waals surface area (Å²) in [6.07, 6.45) is 0. The van der Waals surface area contributed by atoms with Crippen LogP contribution in [-0.4, -0.2) is 60.1 Å². The molecule has 0 spiro atoms. The average molecular weight is 344 g/mol. The summed E-state index contributed by atoms with van der Waals surface area (Å²) in [7, 11) is 3.24. The highest BCUT2D eigenvalue weighted by molar-refractivity contribution is 5.93. The molecule has 2 aromatic heterocycles. The molecule has 0 saturated carbocycles. The van der Waals surface area contributed by atoms with Gasteiger partial charge in [0.25, 0.3) is 0 Å². The van der Waals surface area contributed by atoms with Gasteiger partial charge in [0.05, 0.1) is 33.0 Å². The number of rotatable bonds is 4. The highest BCUT2D eigenvalue weighted by Gasteiger charge is 2.21. The van der Waals surface area contributed by atoms with Gasteiger partial charge in [-0.15, -0.1) is 10.2 Å². The number of methoxy groups -OCH3 is 2. The Balaban J connectivity index is 1.84. The maximum absolute atomic E-state index is 5.43. The number of quaternary nitrogens is 1. The lowest BCUT2D eigenvalue weighted by Crippen LogP contribution is -3.12. The van der Waals surface area contributed by atoms with Crippen molar-refractivity contribution in [2.45, 2.75) is 13.5 Å². The minimum absolute atomic E-state index is 0.656. The van der Waals surface area contributed by atoms with Crippen LogP contribution in [0.3, 0.4) is 0 Å². The number of nitrogens with zero attached hydrogens (tertiary/aromatic N) is 4. The van der Waals surface area contributed by atoms with Gasteiger partial charge in [-0.25, -0.2) is 4.98 Å². The van der Waals surface area contributed by atoms with Gasteiger partial charge in [-0.3, -0.25) is 4.40 Å². The maximum atomic E-state index is 5.43. The van der Waals surface area contributed by atoms with Crippen LogP contribution in [0.4, 0.5) is 0 Å². The summed E-state index contributed by atoms with van der Waals surface area (Å²) in [4.78, 5) is 6.18. The molecule has 0 unspecified atom stereocenters. The normalized spacial score (nSPS) is 15.8. The molecule has 8 nitrogen and oxygen atoms in total. The molecular weight excluding hydrogens is 322 g/mol. The van der Waals surface area contributed by atoms with E-state index in [0.29, 0.717) is 11.5 Å². The van der Waals surface area contributed by atoms with Crippen LogP contribution in [0.25, 0.3) is 16.6 Å². The molecule has 1 aromatic carbocycles. The average Bonchev–Trinajstić information content (AvgIpc) is 3.06. The second-order valence-electron chi connectivity index (χ2n) is 6.20. The molecule has 0 atom stereocenters. The number of hydrogen-bond acceptors (Lipinski definition) is 6. The molecule has 1 aliphatic rings. The molecule has 3 heterocycles. The van der Waals surface area contributed by atoms with Crippen molar-refractivity contribution in [2.75, 3.05) is 40.5 Å². The van der Waals surface area contributed by atoms with Crippen LogP contribution in [0, 0.1) is 6.92 Å². The highest BCUT2D eigenvalue weighted by atomic mass is 16.5. The molecule has 1 saturated heterocycles. The molecule has 0 aliphatic carbocycles. The Kier molecular flexibility index (Phi) is 4.14. The third kappa shape index (κ3) is 2.77. The van der Waals surface area contributed by atoms with Crippen molar-refractivity contribution in [1.82, 2.24) is 19.6 Å². The van der Waals surface area contributed by atoms with Crippen molar-refractivity contribution in [3.63, 3.8) is 0 Å². The second-order valence-corrected chi connectivity index (χ2v) is 6.20. The van der Waals surface area contributed by atoms with Gasteiger partial charge in [0.15, 0.2) is 23.0 Å². The summed E-state index contributed by atoms with van der Waals surface area (Å²) in [5, 5.41) is 9.78. The molecule has 3 aromatic rings. The molecule has 0 radical (unpaired) electrons. The number of ether oxygens (including phenoxy) is 3. The number of morpholine rings is 1. The number of benzene rings is 1. The van der Waals surface area contributed by atoms with Gasteiger partial charge in [0, 0.05) is 11.5 Å². The first-order valence-corrected chi connectivity index (χ1v) is 8.39. The Morgan fingerprint density at radius 2 is 1.84 bits per heavy atom. The summed E-state index contributed by atoms with van der Waals surface area (Å²) in [5.41, 5.74) is 1.62. The van der Waals surface area contributed by atoms with Gasteiger partial charge in [0.2, 0.25) is 0 Å². The van der Waals surface area contributed by atoms with Crippen molar-refractivity contribution in [2.24, 2.45) is 0 Å². The molecule has 1 N–H and O–H groups in total. The zero-order valence-corrected chi connectivity index (χ0v) is 14.7. The van der Waals surface area contributed by atoms with E-state index in [1.807, 2.05) is 23.5 Å².